The van der Waals surface area contributed by atoms with Gasteiger partial charge < -0.3 is 9.47 Å². The lowest BCUT2D eigenvalue weighted by Gasteiger charge is -2.25. The Morgan fingerprint density at radius 2 is 1.81 bits per heavy atom. The molecule has 0 bridgehead atoms. The van der Waals surface area contributed by atoms with Gasteiger partial charge >= 0.3 is 0 Å². The number of pyridine rings is 2. The van der Waals surface area contributed by atoms with Crippen molar-refractivity contribution in [3.63, 3.8) is 0 Å². The van der Waals surface area contributed by atoms with Crippen LogP contribution in [0, 0.1) is 0 Å². The Morgan fingerprint density at radius 3 is 2.58 bits per heavy atom. The molecule has 1 aliphatic heterocycles. The number of hydrogen-bond donors (Lipinski definition) is 0. The summed E-state index contributed by atoms with van der Waals surface area (Å²) in [5.74, 6) is 1.61. The average molecular weight is 438 g/mol. The quantitative estimate of drug-likeness (QED) is 0.505. The fraction of sp³-hybridized carbons (Fsp3) is 0.292. The van der Waals surface area contributed by atoms with E-state index in [9.17, 15) is 4.79 Å². The Balaban J connectivity index is 1.68. The number of benzene rings is 1. The Morgan fingerprint density at radius 1 is 1.03 bits per heavy atom. The molecule has 0 spiro atoms. The molecule has 1 fully saturated rings. The lowest BCUT2D eigenvalue weighted by Crippen LogP contribution is -2.33. The molecule has 1 aromatic carbocycles. The summed E-state index contributed by atoms with van der Waals surface area (Å²) in [4.78, 5) is 23.0. The summed E-state index contributed by atoms with van der Waals surface area (Å²) < 4.78 is 11.4. The van der Waals surface area contributed by atoms with Crippen molar-refractivity contribution in [1.29, 1.82) is 0 Å². The van der Waals surface area contributed by atoms with Gasteiger partial charge in [-0.05, 0) is 35.9 Å². The van der Waals surface area contributed by atoms with Crippen LogP contribution in [-0.4, -0.2) is 46.9 Å². The van der Waals surface area contributed by atoms with Crippen LogP contribution in [-0.2, 0) is 11.3 Å². The number of carbonyl (C=O) groups excluding carboxylic acids is 1. The fourth-order valence-corrected chi connectivity index (χ4v) is 3.95. The van der Waals surface area contributed by atoms with Gasteiger partial charge in [0.2, 0.25) is 0 Å². The number of nitrogens with zero attached hydrogens (tertiary/aromatic N) is 3. The van der Waals surface area contributed by atoms with Crippen LogP contribution in [0.4, 0.5) is 0 Å². The van der Waals surface area contributed by atoms with E-state index in [-0.39, 0.29) is 6.07 Å². The first kappa shape index (κ1) is 21.3. The van der Waals surface area contributed by atoms with Crippen LogP contribution in [0.15, 0.2) is 54.9 Å². The third kappa shape index (κ3) is 4.86. The fourth-order valence-electron chi connectivity index (χ4n) is 3.83. The Hall–Kier alpha value is -2.96. The van der Waals surface area contributed by atoms with Crippen molar-refractivity contribution in [2.75, 3.05) is 26.3 Å². The van der Waals surface area contributed by atoms with E-state index in [4.69, 9.17) is 21.1 Å². The summed E-state index contributed by atoms with van der Waals surface area (Å²) in [6, 6.07) is 13.6. The minimum atomic E-state index is 0.0463. The third-order valence-electron chi connectivity index (χ3n) is 5.38. The van der Waals surface area contributed by atoms with Crippen molar-refractivity contribution in [2.45, 2.75) is 19.4 Å². The number of methoxy groups -OCH3 is 1. The smallest absolute Gasteiger partial charge is 0.162 e. The number of likely N-dealkylation sites (tertiary alicyclic amines) is 1. The van der Waals surface area contributed by atoms with Gasteiger partial charge in [-0.3, -0.25) is 19.7 Å². The van der Waals surface area contributed by atoms with E-state index in [1.807, 2.05) is 42.6 Å². The molecule has 0 saturated carbocycles. The number of hydrogen-bond acceptors (Lipinski definition) is 6. The number of rotatable bonds is 7. The number of piperidine rings is 1. The van der Waals surface area contributed by atoms with Crippen LogP contribution in [0.1, 0.15) is 18.4 Å². The maximum atomic E-state index is 11.5. The summed E-state index contributed by atoms with van der Waals surface area (Å²) in [6.45, 7) is 2.39. The van der Waals surface area contributed by atoms with E-state index >= 15 is 0 Å². The molecule has 0 unspecified atom stereocenters. The molecule has 3 heterocycles. The number of alkyl halides is 1. The van der Waals surface area contributed by atoms with Crippen LogP contribution in [0.2, 0.25) is 0 Å². The Bertz CT molecular complexity index is 1060. The van der Waals surface area contributed by atoms with E-state index in [1.165, 1.54) is 0 Å². The molecule has 31 heavy (non-hydrogen) atoms. The number of Topliss-reactive ketones (excluding diaryl/α,β-unsaturated/α-hetero) is 1. The predicted molar refractivity (Wildman–Crippen MR) is 120 cm³/mol. The highest BCUT2D eigenvalue weighted by molar-refractivity contribution is 6.17. The van der Waals surface area contributed by atoms with Gasteiger partial charge in [-0.15, -0.1) is 0 Å². The van der Waals surface area contributed by atoms with Crippen molar-refractivity contribution >= 4 is 17.4 Å². The Kier molecular flexibility index (Phi) is 6.79. The molecule has 0 atom stereocenters. The molecule has 1 aliphatic rings. The second kappa shape index (κ2) is 9.90. The normalized spacial score (nSPS) is 14.5. The van der Waals surface area contributed by atoms with Crippen LogP contribution < -0.4 is 9.47 Å². The van der Waals surface area contributed by atoms with Crippen LogP contribution in [0.3, 0.4) is 0 Å². The molecule has 7 heteroatoms. The molecule has 1 saturated heterocycles. The number of carbonyl (C=O) groups is 1. The van der Waals surface area contributed by atoms with Crippen molar-refractivity contribution in [2.24, 2.45) is 0 Å². The summed E-state index contributed by atoms with van der Waals surface area (Å²) in [7, 11) is 1.63. The van der Waals surface area contributed by atoms with E-state index in [1.54, 1.807) is 13.3 Å². The molecule has 0 aliphatic carbocycles. The topological polar surface area (TPSA) is 64.5 Å². The number of para-hydroxylation sites is 1. The number of halogens is 1. The van der Waals surface area contributed by atoms with E-state index in [0.717, 1.165) is 42.0 Å². The van der Waals surface area contributed by atoms with Gasteiger partial charge in [-0.1, -0.05) is 23.7 Å². The molecule has 0 N–H and O–H groups in total. The lowest BCUT2D eigenvalue weighted by atomic mass is 10.0. The molecular weight excluding hydrogens is 414 g/mol. The molecule has 0 amide bonds. The van der Waals surface area contributed by atoms with Gasteiger partial charge in [-0.2, -0.15) is 0 Å². The number of ketones is 1. The first-order valence-corrected chi connectivity index (χ1v) is 10.7. The standard InChI is InChI=1S/C24H24ClN3O3/c1-30-24-19(7-11-27-23(24)20-4-2-3-5-22(20)31-16-25)21-14-17(6-10-26-21)15-28-12-8-18(29)9-13-28/h2-7,10-11,14H,8-9,12-13,15-16H2,1H3. The van der Waals surface area contributed by atoms with E-state index in [2.05, 4.69) is 20.9 Å². The second-order valence-electron chi connectivity index (χ2n) is 7.35. The molecule has 2 aromatic heterocycles. The van der Waals surface area contributed by atoms with Gasteiger partial charge in [0, 0.05) is 56.0 Å². The minimum absolute atomic E-state index is 0.0463. The molecule has 4 rings (SSSR count). The molecule has 3 aromatic rings. The monoisotopic (exact) mass is 437 g/mol. The van der Waals surface area contributed by atoms with Crippen LogP contribution in [0.5, 0.6) is 11.5 Å². The zero-order valence-corrected chi connectivity index (χ0v) is 18.1. The zero-order chi connectivity index (χ0) is 21.6. The van der Waals surface area contributed by atoms with Crippen molar-refractivity contribution < 1.29 is 14.3 Å². The summed E-state index contributed by atoms with van der Waals surface area (Å²) in [5.41, 5.74) is 4.27. The highest BCUT2D eigenvalue weighted by Gasteiger charge is 2.19. The summed E-state index contributed by atoms with van der Waals surface area (Å²) in [6.07, 6.45) is 4.81. The van der Waals surface area contributed by atoms with Crippen LogP contribution in [0.25, 0.3) is 22.5 Å². The summed E-state index contributed by atoms with van der Waals surface area (Å²) >= 11 is 5.80. The molecule has 0 radical (unpaired) electrons. The maximum absolute atomic E-state index is 11.5. The van der Waals surface area contributed by atoms with Crippen molar-refractivity contribution in [3.05, 3.63) is 60.4 Å². The maximum Gasteiger partial charge on any atom is 0.162 e. The second-order valence-corrected chi connectivity index (χ2v) is 7.57. The minimum Gasteiger partial charge on any atom is -0.494 e. The Labute approximate surface area is 186 Å². The zero-order valence-electron chi connectivity index (χ0n) is 17.4. The lowest BCUT2D eigenvalue weighted by molar-refractivity contribution is -0.121. The molecular formula is C24H24ClN3O3. The molecule has 6 nitrogen and oxygen atoms in total. The highest BCUT2D eigenvalue weighted by atomic mass is 35.5. The average Bonchev–Trinajstić information content (AvgIpc) is 2.81. The number of aromatic nitrogens is 2. The van der Waals surface area contributed by atoms with Gasteiger partial charge in [0.05, 0.1) is 12.8 Å². The highest BCUT2D eigenvalue weighted by Crippen LogP contribution is 2.40. The third-order valence-corrected chi connectivity index (χ3v) is 5.49. The van der Waals surface area contributed by atoms with Gasteiger partial charge in [0.1, 0.15) is 17.2 Å². The van der Waals surface area contributed by atoms with Gasteiger partial charge in [-0.25, -0.2) is 0 Å². The SMILES string of the molecule is COc1c(-c2cc(CN3CCC(=O)CC3)ccn2)ccnc1-c1ccccc1OCCl. The first-order chi connectivity index (χ1) is 15.2. The number of ether oxygens (including phenoxy) is 2. The van der Waals surface area contributed by atoms with Crippen LogP contribution >= 0.6 is 11.6 Å². The van der Waals surface area contributed by atoms with Gasteiger partial charge in [0.25, 0.3) is 0 Å². The summed E-state index contributed by atoms with van der Waals surface area (Å²) in [5, 5.41) is 0. The predicted octanol–water partition coefficient (Wildman–Crippen LogP) is 4.56. The van der Waals surface area contributed by atoms with Gasteiger partial charge in [0.15, 0.2) is 11.8 Å². The molecule has 160 valence electrons. The largest absolute Gasteiger partial charge is 0.494 e. The van der Waals surface area contributed by atoms with Crippen molar-refractivity contribution in [1.82, 2.24) is 14.9 Å². The van der Waals surface area contributed by atoms with E-state index < -0.39 is 0 Å². The van der Waals surface area contributed by atoms with E-state index in [0.29, 0.717) is 35.8 Å². The first-order valence-electron chi connectivity index (χ1n) is 10.2. The van der Waals surface area contributed by atoms with Crippen molar-refractivity contribution in [3.8, 4) is 34.0 Å².